The van der Waals surface area contributed by atoms with E-state index in [0.29, 0.717) is 0 Å². The van der Waals surface area contributed by atoms with E-state index in [0.717, 1.165) is 0 Å². The standard InChI is InChI=1S/C14H32N.BH3/c1-5-9-12-15(8-4,13-10-6-2)14-11-7-3;/h5-14H2,1-4H3;1H3/q+1;. The van der Waals surface area contributed by atoms with Crippen molar-refractivity contribution < 1.29 is 4.48 Å². The SMILES string of the molecule is B.CCCC[N+](CC)(CCCC)CCCC. The van der Waals surface area contributed by atoms with Gasteiger partial charge in [-0.1, -0.05) is 40.0 Å². The van der Waals surface area contributed by atoms with Gasteiger partial charge in [0.1, 0.15) is 0 Å². The van der Waals surface area contributed by atoms with Gasteiger partial charge >= 0.3 is 0 Å². The first-order chi connectivity index (χ1) is 7.24. The molecule has 0 aromatic carbocycles. The van der Waals surface area contributed by atoms with Gasteiger partial charge in [-0.3, -0.25) is 0 Å². The molecule has 0 heterocycles. The Labute approximate surface area is 106 Å². The van der Waals surface area contributed by atoms with Gasteiger partial charge in [0.15, 0.2) is 0 Å². The van der Waals surface area contributed by atoms with Crippen molar-refractivity contribution in [2.24, 2.45) is 0 Å². The highest BCUT2D eigenvalue weighted by Gasteiger charge is 2.22. The molecule has 0 N–H and O–H groups in total. The number of hydrogen-bond acceptors (Lipinski definition) is 0. The Bertz CT molecular complexity index is 115. The van der Waals surface area contributed by atoms with Crippen molar-refractivity contribution in [3.8, 4) is 0 Å². The van der Waals surface area contributed by atoms with Crippen LogP contribution in [0, 0.1) is 0 Å². The van der Waals surface area contributed by atoms with E-state index in [1.807, 2.05) is 0 Å². The van der Waals surface area contributed by atoms with E-state index in [4.69, 9.17) is 0 Å². The summed E-state index contributed by atoms with van der Waals surface area (Å²) in [4.78, 5) is 0. The molecule has 0 fully saturated rings. The molecule has 0 atom stereocenters. The Morgan fingerprint density at radius 2 is 0.938 bits per heavy atom. The maximum atomic E-state index is 2.38. The highest BCUT2D eigenvalue weighted by atomic mass is 15.3. The molecule has 0 radical (unpaired) electrons. The van der Waals surface area contributed by atoms with Crippen LogP contribution in [0.25, 0.3) is 0 Å². The van der Waals surface area contributed by atoms with Crippen LogP contribution in [0.1, 0.15) is 66.2 Å². The second-order valence-electron chi connectivity index (χ2n) is 4.89. The molecule has 0 aromatic rings. The lowest BCUT2D eigenvalue weighted by molar-refractivity contribution is -0.927. The van der Waals surface area contributed by atoms with E-state index in [-0.39, 0.29) is 8.41 Å². The first kappa shape index (κ1) is 18.4. The van der Waals surface area contributed by atoms with Gasteiger partial charge in [-0.2, -0.15) is 0 Å². The summed E-state index contributed by atoms with van der Waals surface area (Å²) in [7, 11) is 0. The summed E-state index contributed by atoms with van der Waals surface area (Å²) in [5.74, 6) is 0. The van der Waals surface area contributed by atoms with Gasteiger partial charge in [0.05, 0.1) is 34.6 Å². The molecule has 0 saturated heterocycles. The quantitative estimate of drug-likeness (QED) is 0.398. The fourth-order valence-corrected chi connectivity index (χ4v) is 2.29. The third-order valence-electron chi connectivity index (χ3n) is 3.63. The fraction of sp³-hybridized carbons (Fsp3) is 1.00. The Hall–Kier alpha value is 0.0249. The molecule has 0 unspecified atom stereocenters. The molecule has 1 nitrogen and oxygen atoms in total. The summed E-state index contributed by atoms with van der Waals surface area (Å²) >= 11 is 0. The molecule has 98 valence electrons. The normalized spacial score (nSPS) is 11.2. The van der Waals surface area contributed by atoms with E-state index < -0.39 is 0 Å². The molecule has 0 saturated carbocycles. The summed E-state index contributed by atoms with van der Waals surface area (Å²) in [5.41, 5.74) is 0. The van der Waals surface area contributed by atoms with Crippen molar-refractivity contribution in [2.45, 2.75) is 66.2 Å². The van der Waals surface area contributed by atoms with Crippen LogP contribution in [0.5, 0.6) is 0 Å². The van der Waals surface area contributed by atoms with Crippen LogP contribution in [0.3, 0.4) is 0 Å². The topological polar surface area (TPSA) is 0 Å². The molecule has 0 aliphatic rings. The molecular weight excluding hydrogens is 193 g/mol. The van der Waals surface area contributed by atoms with E-state index in [9.17, 15) is 0 Å². The van der Waals surface area contributed by atoms with E-state index >= 15 is 0 Å². The molecule has 0 aliphatic carbocycles. The van der Waals surface area contributed by atoms with Crippen molar-refractivity contribution in [1.29, 1.82) is 0 Å². The maximum absolute atomic E-state index is 2.38. The average molecular weight is 228 g/mol. The van der Waals surface area contributed by atoms with Gasteiger partial charge in [0, 0.05) is 0 Å². The Morgan fingerprint density at radius 3 is 1.12 bits per heavy atom. The Kier molecular flexibility index (Phi) is 13.2. The van der Waals surface area contributed by atoms with Gasteiger partial charge in [-0.05, 0) is 26.2 Å². The minimum absolute atomic E-state index is 0. The molecule has 0 aromatic heterocycles. The van der Waals surface area contributed by atoms with E-state index in [2.05, 4.69) is 27.7 Å². The lowest BCUT2D eigenvalue weighted by atomic mass is 10.1. The van der Waals surface area contributed by atoms with Gasteiger partial charge < -0.3 is 4.48 Å². The predicted molar refractivity (Wildman–Crippen MR) is 80.1 cm³/mol. The maximum Gasteiger partial charge on any atom is 0.0814 e. The van der Waals surface area contributed by atoms with Crippen molar-refractivity contribution in [1.82, 2.24) is 0 Å². The predicted octanol–water partition coefficient (Wildman–Crippen LogP) is 3.04. The van der Waals surface area contributed by atoms with Gasteiger partial charge in [0.2, 0.25) is 0 Å². The number of quaternary nitrogens is 1. The van der Waals surface area contributed by atoms with Crippen molar-refractivity contribution in [3.63, 3.8) is 0 Å². The van der Waals surface area contributed by atoms with Crippen LogP contribution in [-0.4, -0.2) is 39.1 Å². The molecule has 0 bridgehead atoms. The van der Waals surface area contributed by atoms with Crippen LogP contribution in [0.4, 0.5) is 0 Å². The summed E-state index contributed by atoms with van der Waals surface area (Å²) in [6.45, 7) is 14.9. The van der Waals surface area contributed by atoms with Crippen molar-refractivity contribution in [2.75, 3.05) is 26.2 Å². The van der Waals surface area contributed by atoms with Crippen LogP contribution in [0.15, 0.2) is 0 Å². The zero-order valence-corrected chi connectivity index (χ0v) is 11.5. The molecule has 0 aliphatic heterocycles. The zero-order valence-electron chi connectivity index (χ0n) is 11.5. The molecule has 0 amide bonds. The van der Waals surface area contributed by atoms with Gasteiger partial charge in [-0.25, -0.2) is 0 Å². The smallest absolute Gasteiger partial charge is 0.0814 e. The van der Waals surface area contributed by atoms with Crippen LogP contribution < -0.4 is 0 Å². The lowest BCUT2D eigenvalue weighted by Gasteiger charge is -2.38. The van der Waals surface area contributed by atoms with Gasteiger partial charge in [-0.15, -0.1) is 0 Å². The summed E-state index contributed by atoms with van der Waals surface area (Å²) in [5, 5.41) is 0. The highest BCUT2D eigenvalue weighted by molar-refractivity contribution is 5.75. The second-order valence-corrected chi connectivity index (χ2v) is 4.89. The van der Waals surface area contributed by atoms with Crippen molar-refractivity contribution >= 4 is 8.41 Å². The number of nitrogens with zero attached hydrogens (tertiary/aromatic N) is 1. The summed E-state index contributed by atoms with van der Waals surface area (Å²) in [6.07, 6.45) is 8.25. The Morgan fingerprint density at radius 1 is 0.625 bits per heavy atom. The first-order valence-electron chi connectivity index (χ1n) is 7.09. The largest absolute Gasteiger partial charge is 0.324 e. The lowest BCUT2D eigenvalue weighted by Crippen LogP contribution is -2.49. The summed E-state index contributed by atoms with van der Waals surface area (Å²) < 4.78 is 1.38. The average Bonchev–Trinajstić information content (AvgIpc) is 2.29. The van der Waals surface area contributed by atoms with Crippen LogP contribution >= 0.6 is 0 Å². The van der Waals surface area contributed by atoms with Crippen LogP contribution in [-0.2, 0) is 0 Å². The van der Waals surface area contributed by atoms with Crippen LogP contribution in [0.2, 0.25) is 0 Å². The number of rotatable bonds is 10. The first-order valence-corrected chi connectivity index (χ1v) is 7.09. The number of hydrogen-bond donors (Lipinski definition) is 0. The third kappa shape index (κ3) is 7.32. The fourth-order valence-electron chi connectivity index (χ4n) is 2.29. The molecule has 0 rings (SSSR count). The minimum atomic E-state index is 0. The van der Waals surface area contributed by atoms with Gasteiger partial charge in [0.25, 0.3) is 0 Å². The summed E-state index contributed by atoms with van der Waals surface area (Å²) in [6, 6.07) is 0. The highest BCUT2D eigenvalue weighted by Crippen LogP contribution is 2.14. The second kappa shape index (κ2) is 11.5. The van der Waals surface area contributed by atoms with E-state index in [1.165, 1.54) is 69.2 Å². The molecule has 0 spiro atoms. The third-order valence-corrected chi connectivity index (χ3v) is 3.63. The number of unbranched alkanes of at least 4 members (excludes halogenated alkanes) is 3. The molecule has 16 heavy (non-hydrogen) atoms. The van der Waals surface area contributed by atoms with E-state index in [1.54, 1.807) is 0 Å². The van der Waals surface area contributed by atoms with Crippen molar-refractivity contribution in [3.05, 3.63) is 0 Å². The molecular formula is C14H35BN+. The Balaban J connectivity index is 0. The monoisotopic (exact) mass is 228 g/mol. The minimum Gasteiger partial charge on any atom is -0.324 e. The zero-order chi connectivity index (χ0) is 11.6. The molecule has 2 heteroatoms.